The van der Waals surface area contributed by atoms with Gasteiger partial charge in [-0.15, -0.1) is 0 Å². The molecule has 0 fully saturated rings. The number of carboxylic acids is 1. The Morgan fingerprint density at radius 1 is 1.15 bits per heavy atom. The molecule has 1 aromatic heterocycles. The summed E-state index contributed by atoms with van der Waals surface area (Å²) in [5.41, 5.74) is 2.73. The average molecular weight is 371 g/mol. The van der Waals surface area contributed by atoms with E-state index < -0.39 is 5.97 Å². The van der Waals surface area contributed by atoms with E-state index in [-0.39, 0.29) is 18.0 Å². The van der Waals surface area contributed by atoms with Gasteiger partial charge in [0.2, 0.25) is 0 Å². The van der Waals surface area contributed by atoms with Gasteiger partial charge in [-0.2, -0.15) is 0 Å². The Hall–Kier alpha value is -3.03. The largest absolute Gasteiger partial charge is 0.494 e. The van der Waals surface area contributed by atoms with Gasteiger partial charge in [-0.3, -0.25) is 4.98 Å². The van der Waals surface area contributed by atoms with Crippen molar-refractivity contribution in [2.75, 3.05) is 14.2 Å². The molecule has 0 aliphatic heterocycles. The molecule has 0 saturated heterocycles. The van der Waals surface area contributed by atoms with Crippen LogP contribution in [0.2, 0.25) is 0 Å². The first kappa shape index (κ1) is 18.8. The summed E-state index contributed by atoms with van der Waals surface area (Å²) < 4.78 is 18.5. The number of methoxy groups -OCH3 is 1. The lowest BCUT2D eigenvalue weighted by atomic mass is 9.99. The highest BCUT2D eigenvalue weighted by atomic mass is 19.1. The predicted octanol–water partition coefficient (Wildman–Crippen LogP) is 3.75. The maximum Gasteiger partial charge on any atom is 0.336 e. The molecule has 2 aromatic carbocycles. The third kappa shape index (κ3) is 4.05. The van der Waals surface area contributed by atoms with Crippen molar-refractivity contribution in [1.82, 2.24) is 4.98 Å². The minimum atomic E-state index is -1.08. The highest BCUT2D eigenvalue weighted by Crippen LogP contribution is 2.33. The van der Waals surface area contributed by atoms with Crippen molar-refractivity contribution in [3.8, 4) is 5.75 Å². The van der Waals surface area contributed by atoms with Gasteiger partial charge in [0.1, 0.15) is 17.9 Å². The maximum atomic E-state index is 13.1. The van der Waals surface area contributed by atoms with Crippen LogP contribution in [0.5, 0.6) is 5.75 Å². The van der Waals surface area contributed by atoms with Crippen LogP contribution in [-0.4, -0.2) is 30.3 Å². The summed E-state index contributed by atoms with van der Waals surface area (Å²) in [5.74, 6) is -0.957. The Balaban J connectivity index is 2.09. The number of carboxylic acid groups (broad SMARTS) is 1. The zero-order valence-corrected chi connectivity index (χ0v) is 14.9. The normalized spacial score (nSPS) is 10.9. The molecule has 0 atom stereocenters. The fourth-order valence-corrected chi connectivity index (χ4v) is 2.93. The molecule has 7 heteroatoms. The zero-order chi connectivity index (χ0) is 19.4. The average Bonchev–Trinajstić information content (AvgIpc) is 2.67. The number of nitrogens with zero attached hydrogens (tertiary/aromatic N) is 1. The quantitative estimate of drug-likeness (QED) is 0.503. The predicted molar refractivity (Wildman–Crippen MR) is 96.3 cm³/mol. The lowest BCUT2D eigenvalue weighted by Gasteiger charge is -2.14. The fourth-order valence-electron chi connectivity index (χ4n) is 2.93. The number of aromatic nitrogens is 1. The fraction of sp³-hybridized carbons (Fsp3) is 0.200. The first-order chi connectivity index (χ1) is 13.0. The number of hydrogen-bond donors (Lipinski definition) is 1. The van der Waals surface area contributed by atoms with Gasteiger partial charge in [0.15, 0.2) is 5.75 Å². The molecule has 1 N–H and O–H groups in total. The number of ether oxygens (including phenoxy) is 1. The van der Waals surface area contributed by atoms with Crippen molar-refractivity contribution in [3.05, 3.63) is 70.7 Å². The molecule has 0 aliphatic rings. The number of hydrogen-bond acceptors (Lipinski definition) is 5. The molecule has 3 aromatic rings. The second-order valence-electron chi connectivity index (χ2n) is 5.89. The minimum absolute atomic E-state index is 0.0227. The van der Waals surface area contributed by atoms with Gasteiger partial charge in [0, 0.05) is 17.1 Å². The number of carbonyl (C=O) groups is 1. The van der Waals surface area contributed by atoms with Crippen molar-refractivity contribution >= 4 is 16.9 Å². The van der Waals surface area contributed by atoms with Gasteiger partial charge in [-0.1, -0.05) is 12.1 Å². The molecule has 0 spiro atoms. The van der Waals surface area contributed by atoms with E-state index in [1.54, 1.807) is 24.4 Å². The number of aromatic carboxylic acids is 1. The summed E-state index contributed by atoms with van der Waals surface area (Å²) in [7, 11) is 2.85. The SMILES string of the molecule is COOCc1cc(C(=O)O)c2cc(Cc3ccc(F)cc3)cnc2c1OC. The molecule has 0 saturated carbocycles. The smallest absolute Gasteiger partial charge is 0.336 e. The molecule has 0 radical (unpaired) electrons. The first-order valence-electron chi connectivity index (χ1n) is 8.15. The Kier molecular flexibility index (Phi) is 5.63. The van der Waals surface area contributed by atoms with E-state index >= 15 is 0 Å². The van der Waals surface area contributed by atoms with Crippen molar-refractivity contribution in [2.45, 2.75) is 13.0 Å². The molecule has 0 bridgehead atoms. The van der Waals surface area contributed by atoms with E-state index in [0.717, 1.165) is 11.1 Å². The van der Waals surface area contributed by atoms with Crippen LogP contribution in [0, 0.1) is 5.82 Å². The Morgan fingerprint density at radius 2 is 1.89 bits per heavy atom. The Labute approximate surface area is 155 Å². The molecule has 6 nitrogen and oxygen atoms in total. The van der Waals surface area contributed by atoms with Crippen LogP contribution in [-0.2, 0) is 22.8 Å². The van der Waals surface area contributed by atoms with Crippen LogP contribution in [0.15, 0.2) is 42.6 Å². The molecular weight excluding hydrogens is 353 g/mol. The number of benzene rings is 2. The maximum absolute atomic E-state index is 13.1. The van der Waals surface area contributed by atoms with Crippen LogP contribution in [0.4, 0.5) is 4.39 Å². The van der Waals surface area contributed by atoms with Crippen LogP contribution in [0.1, 0.15) is 27.0 Å². The van der Waals surface area contributed by atoms with Crippen LogP contribution < -0.4 is 4.74 Å². The summed E-state index contributed by atoms with van der Waals surface area (Å²) in [6, 6.07) is 9.40. The summed E-state index contributed by atoms with van der Waals surface area (Å²) in [6.45, 7) is 0.0227. The Morgan fingerprint density at radius 3 is 2.52 bits per heavy atom. The zero-order valence-electron chi connectivity index (χ0n) is 14.9. The third-order valence-electron chi connectivity index (χ3n) is 4.15. The summed E-state index contributed by atoms with van der Waals surface area (Å²) in [6.07, 6.45) is 2.15. The van der Waals surface area contributed by atoms with E-state index in [1.165, 1.54) is 32.4 Å². The van der Waals surface area contributed by atoms with Crippen LogP contribution in [0.3, 0.4) is 0 Å². The van der Waals surface area contributed by atoms with Crippen molar-refractivity contribution in [3.63, 3.8) is 0 Å². The third-order valence-corrected chi connectivity index (χ3v) is 4.15. The Bertz CT molecular complexity index is 972. The number of fused-ring (bicyclic) bond motifs is 1. The highest BCUT2D eigenvalue weighted by molar-refractivity contribution is 6.05. The summed E-state index contributed by atoms with van der Waals surface area (Å²) in [5, 5.41) is 10.1. The number of pyridine rings is 1. The van der Waals surface area contributed by atoms with Crippen molar-refractivity contribution in [2.24, 2.45) is 0 Å². The lowest BCUT2D eigenvalue weighted by Crippen LogP contribution is -2.05. The van der Waals surface area contributed by atoms with Crippen LogP contribution >= 0.6 is 0 Å². The van der Waals surface area contributed by atoms with Gasteiger partial charge >= 0.3 is 5.97 Å². The lowest BCUT2D eigenvalue weighted by molar-refractivity contribution is -0.282. The van der Waals surface area contributed by atoms with E-state index in [4.69, 9.17) is 9.62 Å². The van der Waals surface area contributed by atoms with Crippen molar-refractivity contribution < 1.29 is 28.8 Å². The molecule has 0 amide bonds. The van der Waals surface area contributed by atoms with Gasteiger partial charge in [-0.25, -0.2) is 19.0 Å². The molecule has 0 aliphatic carbocycles. The summed E-state index contributed by atoms with van der Waals surface area (Å²) in [4.78, 5) is 25.7. The van der Waals surface area contributed by atoms with E-state index in [2.05, 4.69) is 9.87 Å². The molecule has 1 heterocycles. The monoisotopic (exact) mass is 371 g/mol. The number of rotatable bonds is 7. The topological polar surface area (TPSA) is 77.9 Å². The molecular formula is C20H18FNO5. The van der Waals surface area contributed by atoms with Crippen LogP contribution in [0.25, 0.3) is 10.9 Å². The van der Waals surface area contributed by atoms with E-state index in [9.17, 15) is 14.3 Å². The van der Waals surface area contributed by atoms with Gasteiger partial charge in [-0.05, 0) is 41.8 Å². The highest BCUT2D eigenvalue weighted by Gasteiger charge is 2.19. The standard InChI is InChI=1S/C20H18FNO5/c1-25-19-14(11-27-26-2)9-17(20(23)24)16-8-13(10-22-18(16)19)7-12-3-5-15(21)6-4-12/h3-6,8-10H,7,11H2,1-2H3,(H,23,24). The molecule has 0 unspecified atom stereocenters. The first-order valence-corrected chi connectivity index (χ1v) is 8.15. The molecule has 27 heavy (non-hydrogen) atoms. The van der Waals surface area contributed by atoms with E-state index in [1.807, 2.05) is 0 Å². The van der Waals surface area contributed by atoms with E-state index in [0.29, 0.717) is 28.6 Å². The number of halogens is 1. The van der Waals surface area contributed by atoms with Gasteiger partial charge in [0.05, 0.1) is 19.8 Å². The molecule has 140 valence electrons. The molecule has 3 rings (SSSR count). The van der Waals surface area contributed by atoms with Gasteiger partial charge < -0.3 is 9.84 Å². The minimum Gasteiger partial charge on any atom is -0.494 e. The second-order valence-corrected chi connectivity index (χ2v) is 5.89. The van der Waals surface area contributed by atoms with Crippen molar-refractivity contribution in [1.29, 1.82) is 0 Å². The summed E-state index contributed by atoms with van der Waals surface area (Å²) >= 11 is 0. The van der Waals surface area contributed by atoms with Gasteiger partial charge in [0.25, 0.3) is 0 Å². The second kappa shape index (κ2) is 8.11.